The molecule has 1 aromatic carbocycles. The summed E-state index contributed by atoms with van der Waals surface area (Å²) in [5.74, 6) is 1.61. The van der Waals surface area contributed by atoms with Gasteiger partial charge >= 0.3 is 0 Å². The summed E-state index contributed by atoms with van der Waals surface area (Å²) in [6.07, 6.45) is 0. The number of likely N-dealkylation sites (N-methyl/N-ethyl adjacent to an activating group) is 1. The van der Waals surface area contributed by atoms with E-state index in [0.717, 1.165) is 18.0 Å². The number of benzene rings is 1. The van der Waals surface area contributed by atoms with Crippen LogP contribution in [-0.2, 0) is 0 Å². The van der Waals surface area contributed by atoms with E-state index in [4.69, 9.17) is 9.47 Å². The lowest BCUT2D eigenvalue weighted by atomic mass is 10.2. The third-order valence-corrected chi connectivity index (χ3v) is 2.12. The van der Waals surface area contributed by atoms with Crippen LogP contribution in [0.15, 0.2) is 18.2 Å². The Labute approximate surface area is 91.6 Å². The fraction of sp³-hybridized carbons (Fsp3) is 0.500. The number of methoxy groups -OCH3 is 1. The lowest BCUT2D eigenvalue weighted by Crippen LogP contribution is -2.19. The summed E-state index contributed by atoms with van der Waals surface area (Å²) >= 11 is 0. The van der Waals surface area contributed by atoms with Crippen LogP contribution in [0.25, 0.3) is 0 Å². The van der Waals surface area contributed by atoms with Gasteiger partial charge in [-0.25, -0.2) is 0 Å². The molecule has 0 aliphatic rings. The summed E-state index contributed by atoms with van der Waals surface area (Å²) in [7, 11) is 5.71. The van der Waals surface area contributed by atoms with Crippen molar-refractivity contribution < 1.29 is 9.47 Å². The third-order valence-electron chi connectivity index (χ3n) is 2.12. The molecular formula is C12H19NO2. The normalized spacial score (nSPS) is 10.5. The minimum Gasteiger partial charge on any atom is -0.493 e. The molecule has 0 aromatic heterocycles. The van der Waals surface area contributed by atoms with Crippen LogP contribution in [0, 0.1) is 6.92 Å². The molecule has 0 saturated carbocycles. The zero-order valence-corrected chi connectivity index (χ0v) is 9.91. The molecule has 0 radical (unpaired) electrons. The van der Waals surface area contributed by atoms with Gasteiger partial charge in [0.2, 0.25) is 0 Å². The van der Waals surface area contributed by atoms with Gasteiger partial charge in [0, 0.05) is 6.54 Å². The molecule has 0 N–H and O–H groups in total. The molecule has 0 aliphatic heterocycles. The summed E-state index contributed by atoms with van der Waals surface area (Å²) in [6.45, 7) is 3.61. The predicted molar refractivity (Wildman–Crippen MR) is 61.8 cm³/mol. The molecule has 0 fully saturated rings. The molecule has 0 saturated heterocycles. The highest BCUT2D eigenvalue weighted by atomic mass is 16.5. The SMILES string of the molecule is COc1ccc(C)cc1OCCN(C)C. The molecule has 15 heavy (non-hydrogen) atoms. The highest BCUT2D eigenvalue weighted by Gasteiger charge is 2.03. The molecule has 1 aromatic rings. The van der Waals surface area contributed by atoms with E-state index < -0.39 is 0 Å². The Bertz CT molecular complexity index is 310. The summed E-state index contributed by atoms with van der Waals surface area (Å²) in [6, 6.07) is 5.94. The van der Waals surface area contributed by atoms with E-state index in [1.165, 1.54) is 5.56 Å². The van der Waals surface area contributed by atoms with Crippen LogP contribution in [0.1, 0.15) is 5.56 Å². The van der Waals surface area contributed by atoms with Crippen molar-refractivity contribution in [3.8, 4) is 11.5 Å². The highest BCUT2D eigenvalue weighted by Crippen LogP contribution is 2.27. The molecule has 0 amide bonds. The maximum absolute atomic E-state index is 5.65. The van der Waals surface area contributed by atoms with Gasteiger partial charge in [-0.15, -0.1) is 0 Å². The molecule has 0 spiro atoms. The standard InChI is InChI=1S/C12H19NO2/c1-10-5-6-11(14-4)12(9-10)15-8-7-13(2)3/h5-6,9H,7-8H2,1-4H3. The molecule has 1 rings (SSSR count). The average Bonchev–Trinajstić information content (AvgIpc) is 2.17. The molecule has 3 nitrogen and oxygen atoms in total. The Balaban J connectivity index is 2.62. The van der Waals surface area contributed by atoms with Crippen molar-refractivity contribution in [3.63, 3.8) is 0 Å². The van der Waals surface area contributed by atoms with E-state index in [-0.39, 0.29) is 0 Å². The topological polar surface area (TPSA) is 21.7 Å². The Morgan fingerprint density at radius 1 is 1.20 bits per heavy atom. The first-order valence-electron chi connectivity index (χ1n) is 5.05. The van der Waals surface area contributed by atoms with Crippen LogP contribution in [0.4, 0.5) is 0 Å². The van der Waals surface area contributed by atoms with Crippen LogP contribution < -0.4 is 9.47 Å². The molecule has 3 heteroatoms. The Morgan fingerprint density at radius 3 is 2.53 bits per heavy atom. The van der Waals surface area contributed by atoms with E-state index in [9.17, 15) is 0 Å². The minimum atomic E-state index is 0.673. The van der Waals surface area contributed by atoms with Crippen LogP contribution >= 0.6 is 0 Å². The van der Waals surface area contributed by atoms with E-state index in [0.29, 0.717) is 6.61 Å². The third kappa shape index (κ3) is 3.80. The van der Waals surface area contributed by atoms with Gasteiger partial charge in [0.05, 0.1) is 7.11 Å². The van der Waals surface area contributed by atoms with Crippen molar-refractivity contribution in [2.24, 2.45) is 0 Å². The van der Waals surface area contributed by atoms with Gasteiger partial charge in [-0.2, -0.15) is 0 Å². The van der Waals surface area contributed by atoms with Crippen molar-refractivity contribution >= 4 is 0 Å². The molecule has 0 unspecified atom stereocenters. The number of nitrogens with zero attached hydrogens (tertiary/aromatic N) is 1. The molecule has 0 bridgehead atoms. The van der Waals surface area contributed by atoms with E-state index in [2.05, 4.69) is 4.90 Å². The Hall–Kier alpha value is -1.22. The average molecular weight is 209 g/mol. The Kier molecular flexibility index (Phi) is 4.43. The van der Waals surface area contributed by atoms with Crippen molar-refractivity contribution in [2.45, 2.75) is 6.92 Å². The van der Waals surface area contributed by atoms with Gasteiger partial charge in [-0.1, -0.05) is 6.07 Å². The van der Waals surface area contributed by atoms with Gasteiger partial charge < -0.3 is 14.4 Å². The molecule has 84 valence electrons. The molecular weight excluding hydrogens is 190 g/mol. The predicted octanol–water partition coefficient (Wildman–Crippen LogP) is 1.94. The van der Waals surface area contributed by atoms with Gasteiger partial charge in [-0.3, -0.25) is 0 Å². The van der Waals surface area contributed by atoms with Crippen LogP contribution in [0.3, 0.4) is 0 Å². The smallest absolute Gasteiger partial charge is 0.161 e. The number of aryl methyl sites for hydroxylation is 1. The van der Waals surface area contributed by atoms with Crippen molar-refractivity contribution in [2.75, 3.05) is 34.4 Å². The minimum absolute atomic E-state index is 0.673. The maximum atomic E-state index is 5.65. The zero-order chi connectivity index (χ0) is 11.3. The van der Waals surface area contributed by atoms with E-state index in [1.807, 2.05) is 39.2 Å². The van der Waals surface area contributed by atoms with Gasteiger partial charge in [0.1, 0.15) is 6.61 Å². The Morgan fingerprint density at radius 2 is 1.93 bits per heavy atom. The summed E-state index contributed by atoms with van der Waals surface area (Å²) in [5, 5.41) is 0. The van der Waals surface area contributed by atoms with Crippen molar-refractivity contribution in [1.82, 2.24) is 4.90 Å². The maximum Gasteiger partial charge on any atom is 0.161 e. The lowest BCUT2D eigenvalue weighted by Gasteiger charge is -2.13. The first-order valence-corrected chi connectivity index (χ1v) is 5.05. The monoisotopic (exact) mass is 209 g/mol. The number of hydrogen-bond donors (Lipinski definition) is 0. The second-order valence-electron chi connectivity index (χ2n) is 3.81. The number of rotatable bonds is 5. The van der Waals surface area contributed by atoms with Crippen molar-refractivity contribution in [3.05, 3.63) is 23.8 Å². The van der Waals surface area contributed by atoms with Crippen LogP contribution in [-0.4, -0.2) is 39.3 Å². The summed E-state index contributed by atoms with van der Waals surface area (Å²) in [4.78, 5) is 2.09. The summed E-state index contributed by atoms with van der Waals surface area (Å²) < 4.78 is 10.9. The quantitative estimate of drug-likeness (QED) is 0.739. The molecule has 0 heterocycles. The largest absolute Gasteiger partial charge is 0.493 e. The molecule has 0 aliphatic carbocycles. The summed E-state index contributed by atoms with van der Waals surface area (Å²) in [5.41, 5.74) is 1.18. The first kappa shape index (κ1) is 11.9. The second kappa shape index (κ2) is 5.61. The van der Waals surface area contributed by atoms with E-state index >= 15 is 0 Å². The van der Waals surface area contributed by atoms with Gasteiger partial charge in [-0.05, 0) is 38.7 Å². The number of hydrogen-bond acceptors (Lipinski definition) is 3. The van der Waals surface area contributed by atoms with Crippen LogP contribution in [0.5, 0.6) is 11.5 Å². The van der Waals surface area contributed by atoms with Crippen LogP contribution in [0.2, 0.25) is 0 Å². The highest BCUT2D eigenvalue weighted by molar-refractivity contribution is 5.42. The second-order valence-corrected chi connectivity index (χ2v) is 3.81. The first-order chi connectivity index (χ1) is 7.13. The van der Waals surface area contributed by atoms with Crippen molar-refractivity contribution in [1.29, 1.82) is 0 Å². The van der Waals surface area contributed by atoms with E-state index in [1.54, 1.807) is 7.11 Å². The lowest BCUT2D eigenvalue weighted by molar-refractivity contribution is 0.250. The number of ether oxygens (including phenoxy) is 2. The van der Waals surface area contributed by atoms with Gasteiger partial charge in [0.25, 0.3) is 0 Å². The fourth-order valence-electron chi connectivity index (χ4n) is 1.23. The fourth-order valence-corrected chi connectivity index (χ4v) is 1.23. The van der Waals surface area contributed by atoms with Gasteiger partial charge in [0.15, 0.2) is 11.5 Å². The zero-order valence-electron chi connectivity index (χ0n) is 9.91. The molecule has 0 atom stereocenters.